The molecule has 2 aromatic rings. The van der Waals surface area contributed by atoms with Crippen molar-refractivity contribution < 1.29 is 9.90 Å². The van der Waals surface area contributed by atoms with Gasteiger partial charge in [-0.1, -0.05) is 0 Å². The van der Waals surface area contributed by atoms with Gasteiger partial charge >= 0.3 is 5.97 Å². The Morgan fingerprint density at radius 1 is 1.64 bits per heavy atom. The first-order valence-corrected chi connectivity index (χ1v) is 4.62. The van der Waals surface area contributed by atoms with Crippen LogP contribution >= 0.6 is 11.5 Å². The van der Waals surface area contributed by atoms with Gasteiger partial charge in [-0.3, -0.25) is 0 Å². The number of carboxylic acid groups (broad SMARTS) is 1. The van der Waals surface area contributed by atoms with Crippen molar-refractivity contribution in [3.05, 3.63) is 17.3 Å². The van der Waals surface area contributed by atoms with Crippen molar-refractivity contribution in [1.29, 1.82) is 0 Å². The number of aryl methyl sites for hydroxylation is 1. The Bertz CT molecular complexity index is 521. The number of pyridine rings is 1. The van der Waals surface area contributed by atoms with Gasteiger partial charge in [0.05, 0.1) is 10.9 Å². The highest BCUT2D eigenvalue weighted by atomic mass is 32.1. The van der Waals surface area contributed by atoms with E-state index in [1.54, 1.807) is 6.92 Å². The van der Waals surface area contributed by atoms with Crippen LogP contribution in [0, 0.1) is 6.92 Å². The lowest BCUT2D eigenvalue weighted by Gasteiger charge is -1.98. The molecule has 0 aliphatic rings. The fourth-order valence-electron chi connectivity index (χ4n) is 1.26. The van der Waals surface area contributed by atoms with Crippen LogP contribution in [0.25, 0.3) is 10.2 Å². The second kappa shape index (κ2) is 2.91. The smallest absolute Gasteiger partial charge is 0.336 e. The fraction of sp³-hybridized carbons (Fsp3) is 0.125. The second-order valence-corrected chi connectivity index (χ2v) is 3.62. The molecule has 6 heteroatoms. The molecule has 0 fully saturated rings. The Labute approximate surface area is 83.4 Å². The molecular weight excluding hydrogens is 202 g/mol. The van der Waals surface area contributed by atoms with Crippen molar-refractivity contribution in [1.82, 2.24) is 9.36 Å². The molecule has 0 unspecified atom stereocenters. The third-order valence-electron chi connectivity index (χ3n) is 1.83. The Morgan fingerprint density at radius 2 is 2.36 bits per heavy atom. The minimum Gasteiger partial charge on any atom is -0.478 e. The third-order valence-corrected chi connectivity index (χ3v) is 2.59. The number of carboxylic acids is 1. The van der Waals surface area contributed by atoms with Crippen LogP contribution in [0.2, 0.25) is 0 Å². The first-order valence-electron chi connectivity index (χ1n) is 3.85. The highest BCUT2D eigenvalue weighted by Crippen LogP contribution is 2.26. The molecule has 5 nitrogen and oxygen atoms in total. The zero-order chi connectivity index (χ0) is 10.3. The lowest BCUT2D eigenvalue weighted by molar-refractivity contribution is 0.0699. The number of nitrogen functional groups attached to an aromatic ring is 1. The largest absolute Gasteiger partial charge is 0.478 e. The molecule has 0 aliphatic carbocycles. The average molecular weight is 209 g/mol. The van der Waals surface area contributed by atoms with Crippen molar-refractivity contribution in [2.45, 2.75) is 6.92 Å². The van der Waals surface area contributed by atoms with Crippen molar-refractivity contribution in [3.8, 4) is 0 Å². The van der Waals surface area contributed by atoms with E-state index >= 15 is 0 Å². The van der Waals surface area contributed by atoms with Crippen LogP contribution in [0.3, 0.4) is 0 Å². The molecule has 72 valence electrons. The van der Waals surface area contributed by atoms with Gasteiger partial charge in [-0.2, -0.15) is 4.37 Å². The van der Waals surface area contributed by atoms with Gasteiger partial charge in [-0.25, -0.2) is 9.78 Å². The normalized spacial score (nSPS) is 10.6. The van der Waals surface area contributed by atoms with Crippen molar-refractivity contribution in [3.63, 3.8) is 0 Å². The van der Waals surface area contributed by atoms with Gasteiger partial charge in [0.25, 0.3) is 0 Å². The van der Waals surface area contributed by atoms with E-state index in [1.807, 2.05) is 0 Å². The monoisotopic (exact) mass is 209 g/mol. The summed E-state index contributed by atoms with van der Waals surface area (Å²) >= 11 is 1.11. The van der Waals surface area contributed by atoms with Crippen LogP contribution in [0.5, 0.6) is 0 Å². The van der Waals surface area contributed by atoms with Crippen LogP contribution in [0.4, 0.5) is 5.82 Å². The molecule has 0 atom stereocenters. The molecule has 0 bridgehead atoms. The number of hydrogen-bond acceptors (Lipinski definition) is 5. The Morgan fingerprint density at radius 3 is 3.00 bits per heavy atom. The highest BCUT2D eigenvalue weighted by molar-refractivity contribution is 7.13. The molecule has 0 saturated carbocycles. The van der Waals surface area contributed by atoms with Gasteiger partial charge in [0, 0.05) is 5.69 Å². The quantitative estimate of drug-likeness (QED) is 0.738. The van der Waals surface area contributed by atoms with Gasteiger partial charge in [-0.15, -0.1) is 0 Å². The van der Waals surface area contributed by atoms with Crippen LogP contribution in [0.15, 0.2) is 6.07 Å². The number of nitrogens with two attached hydrogens (primary N) is 1. The van der Waals surface area contributed by atoms with Crippen molar-refractivity contribution in [2.24, 2.45) is 0 Å². The predicted molar refractivity (Wildman–Crippen MR) is 53.5 cm³/mol. The average Bonchev–Trinajstić information content (AvgIpc) is 2.46. The van der Waals surface area contributed by atoms with Gasteiger partial charge in [0.1, 0.15) is 10.6 Å². The maximum Gasteiger partial charge on any atom is 0.336 e. The summed E-state index contributed by atoms with van der Waals surface area (Å²) in [7, 11) is 0. The molecule has 0 aliphatic heterocycles. The van der Waals surface area contributed by atoms with Crippen LogP contribution in [-0.4, -0.2) is 20.4 Å². The number of nitrogens with zero attached hydrogens (tertiary/aromatic N) is 2. The first-order chi connectivity index (χ1) is 6.59. The standard InChI is InChI=1S/C8H7N3O2S/c1-3-2-4(8(12)13)5-6(9)11-14-7(5)10-3/h2H,1H3,(H2,9,11)(H,12,13). The summed E-state index contributed by atoms with van der Waals surface area (Å²) in [5.74, 6) is -0.776. The van der Waals surface area contributed by atoms with Crippen LogP contribution in [-0.2, 0) is 0 Å². The minimum atomic E-state index is -1.01. The Kier molecular flexibility index (Phi) is 1.85. The van der Waals surface area contributed by atoms with E-state index in [-0.39, 0.29) is 11.4 Å². The Hall–Kier alpha value is -1.69. The summed E-state index contributed by atoms with van der Waals surface area (Å²) in [5, 5.41) is 9.38. The minimum absolute atomic E-state index is 0.166. The van der Waals surface area contributed by atoms with Gasteiger partial charge in [0.15, 0.2) is 0 Å². The van der Waals surface area contributed by atoms with E-state index < -0.39 is 5.97 Å². The topological polar surface area (TPSA) is 89.1 Å². The molecule has 0 saturated heterocycles. The molecule has 2 rings (SSSR count). The lowest BCUT2D eigenvalue weighted by Crippen LogP contribution is -2.00. The molecule has 2 heterocycles. The third kappa shape index (κ3) is 1.20. The van der Waals surface area contributed by atoms with Crippen molar-refractivity contribution in [2.75, 3.05) is 5.73 Å². The Balaban J connectivity index is 2.90. The van der Waals surface area contributed by atoms with E-state index in [4.69, 9.17) is 10.8 Å². The number of anilines is 1. The van der Waals surface area contributed by atoms with Gasteiger partial charge in [0.2, 0.25) is 0 Å². The number of aromatic nitrogens is 2. The SMILES string of the molecule is Cc1cc(C(=O)O)c2c(N)nsc2n1. The number of aromatic carboxylic acids is 1. The molecule has 0 radical (unpaired) electrons. The maximum atomic E-state index is 10.9. The molecular formula is C8H7N3O2S. The molecule has 0 aromatic carbocycles. The maximum absolute atomic E-state index is 10.9. The molecule has 3 N–H and O–H groups in total. The van der Waals surface area contributed by atoms with Crippen LogP contribution < -0.4 is 5.73 Å². The van der Waals surface area contributed by atoms with E-state index in [9.17, 15) is 4.79 Å². The summed E-state index contributed by atoms with van der Waals surface area (Å²) < 4.78 is 3.87. The first kappa shape index (κ1) is 8.89. The van der Waals surface area contributed by atoms with Crippen LogP contribution in [0.1, 0.15) is 16.1 Å². The molecule has 0 spiro atoms. The van der Waals surface area contributed by atoms with Gasteiger partial charge < -0.3 is 10.8 Å². The highest BCUT2D eigenvalue weighted by Gasteiger charge is 2.15. The lowest BCUT2D eigenvalue weighted by atomic mass is 10.1. The van der Waals surface area contributed by atoms with Gasteiger partial charge in [-0.05, 0) is 24.5 Å². The summed E-state index contributed by atoms with van der Waals surface area (Å²) in [4.78, 5) is 15.6. The number of fused-ring (bicyclic) bond motifs is 1. The zero-order valence-corrected chi connectivity index (χ0v) is 8.13. The fourth-order valence-corrected chi connectivity index (χ4v) is 2.03. The second-order valence-electron chi connectivity index (χ2n) is 2.86. The number of carbonyl (C=O) groups is 1. The summed E-state index contributed by atoms with van der Waals surface area (Å²) in [6.07, 6.45) is 0. The molecule has 14 heavy (non-hydrogen) atoms. The van der Waals surface area contributed by atoms with E-state index in [2.05, 4.69) is 9.36 Å². The summed E-state index contributed by atoms with van der Waals surface area (Å²) in [6, 6.07) is 1.50. The zero-order valence-electron chi connectivity index (χ0n) is 7.31. The summed E-state index contributed by atoms with van der Waals surface area (Å²) in [5.41, 5.74) is 6.38. The van der Waals surface area contributed by atoms with E-state index in [0.717, 1.165) is 11.5 Å². The predicted octanol–water partition coefficient (Wildman–Crippen LogP) is 1.28. The number of rotatable bonds is 1. The number of hydrogen-bond donors (Lipinski definition) is 2. The molecule has 2 aromatic heterocycles. The molecule has 0 amide bonds. The summed E-state index contributed by atoms with van der Waals surface area (Å²) in [6.45, 7) is 1.74. The van der Waals surface area contributed by atoms with E-state index in [1.165, 1.54) is 6.07 Å². The van der Waals surface area contributed by atoms with Crippen molar-refractivity contribution >= 4 is 33.5 Å². The van der Waals surface area contributed by atoms with E-state index in [0.29, 0.717) is 15.9 Å².